The van der Waals surface area contributed by atoms with Gasteiger partial charge in [-0.05, 0) is 27.7 Å². The van der Waals surface area contributed by atoms with Crippen molar-refractivity contribution in [3.8, 4) is 0 Å². The van der Waals surface area contributed by atoms with Gasteiger partial charge in [0.15, 0.2) is 11.6 Å². The Morgan fingerprint density at radius 1 is 1.10 bits per heavy atom. The molecule has 2 saturated heterocycles. The van der Waals surface area contributed by atoms with E-state index in [1.165, 1.54) is 0 Å². The molecule has 5 heteroatoms. The molecule has 0 aromatic rings. The van der Waals surface area contributed by atoms with Crippen molar-refractivity contribution in [2.45, 2.75) is 71.4 Å². The summed E-state index contributed by atoms with van der Waals surface area (Å²) in [5.41, 5.74) is 0. The van der Waals surface area contributed by atoms with Gasteiger partial charge in [-0.1, -0.05) is 13.8 Å². The van der Waals surface area contributed by atoms with Crippen LogP contribution in [0.25, 0.3) is 0 Å². The van der Waals surface area contributed by atoms with Crippen molar-refractivity contribution in [2.75, 3.05) is 6.61 Å². The number of aldehydes is 1. The fourth-order valence-corrected chi connectivity index (χ4v) is 3.04. The summed E-state index contributed by atoms with van der Waals surface area (Å²) in [7, 11) is 0. The van der Waals surface area contributed by atoms with Crippen LogP contribution in [-0.2, 0) is 23.7 Å². The smallest absolute Gasteiger partial charge is 0.163 e. The van der Waals surface area contributed by atoms with Crippen molar-refractivity contribution in [3.63, 3.8) is 0 Å². The summed E-state index contributed by atoms with van der Waals surface area (Å²) in [4.78, 5) is 11.1. The van der Waals surface area contributed by atoms with Crippen molar-refractivity contribution in [1.82, 2.24) is 0 Å². The second-order valence-corrected chi connectivity index (χ2v) is 6.79. The van der Waals surface area contributed by atoms with Crippen LogP contribution in [0.2, 0.25) is 0 Å². The number of hydrogen-bond donors (Lipinski definition) is 0. The summed E-state index contributed by atoms with van der Waals surface area (Å²) >= 11 is 0. The molecule has 2 aliphatic rings. The minimum absolute atomic E-state index is 0.0609. The topological polar surface area (TPSA) is 54.0 Å². The van der Waals surface area contributed by atoms with Crippen molar-refractivity contribution in [3.05, 3.63) is 0 Å². The first-order valence-corrected chi connectivity index (χ1v) is 7.28. The summed E-state index contributed by atoms with van der Waals surface area (Å²) in [6, 6.07) is 0. The lowest BCUT2D eigenvalue weighted by atomic mass is 9.86. The molecule has 116 valence electrons. The van der Waals surface area contributed by atoms with Crippen molar-refractivity contribution < 1.29 is 23.7 Å². The lowest BCUT2D eigenvalue weighted by molar-refractivity contribution is -0.339. The maximum absolute atomic E-state index is 11.1. The Bertz CT molecular complexity index is 365. The third-order valence-electron chi connectivity index (χ3n) is 4.01. The molecule has 0 aromatic carbocycles. The SMILES string of the molecule is C[C@H]1[C@@H]([C@H](C)C=O)OC(C)(C)O[C@@H]1[C@H]1COC(C)(C)O1. The third-order valence-corrected chi connectivity index (χ3v) is 4.01. The summed E-state index contributed by atoms with van der Waals surface area (Å²) in [5, 5.41) is 0. The van der Waals surface area contributed by atoms with Crippen LogP contribution in [0.4, 0.5) is 0 Å². The Morgan fingerprint density at radius 2 is 1.75 bits per heavy atom. The first kappa shape index (κ1) is 15.9. The second kappa shape index (κ2) is 5.37. The highest BCUT2D eigenvalue weighted by molar-refractivity contribution is 5.54. The molecule has 0 unspecified atom stereocenters. The predicted octanol–water partition coefficient (Wildman–Crippen LogP) is 2.13. The van der Waals surface area contributed by atoms with Gasteiger partial charge >= 0.3 is 0 Å². The van der Waals surface area contributed by atoms with E-state index < -0.39 is 11.6 Å². The van der Waals surface area contributed by atoms with Crippen LogP contribution in [0, 0.1) is 11.8 Å². The fraction of sp³-hybridized carbons (Fsp3) is 0.933. The lowest BCUT2D eigenvalue weighted by Crippen LogP contribution is -2.56. The molecule has 5 atom stereocenters. The highest BCUT2D eigenvalue weighted by atomic mass is 16.8. The van der Waals surface area contributed by atoms with Gasteiger partial charge < -0.3 is 23.7 Å². The first-order valence-electron chi connectivity index (χ1n) is 7.28. The Hall–Kier alpha value is -0.490. The maximum atomic E-state index is 11.1. The van der Waals surface area contributed by atoms with E-state index in [1.807, 2.05) is 41.5 Å². The molecule has 0 bridgehead atoms. The second-order valence-electron chi connectivity index (χ2n) is 6.79. The molecule has 2 rings (SSSR count). The van der Waals surface area contributed by atoms with E-state index in [0.29, 0.717) is 6.61 Å². The van der Waals surface area contributed by atoms with E-state index in [2.05, 4.69) is 0 Å². The minimum atomic E-state index is -0.727. The summed E-state index contributed by atoms with van der Waals surface area (Å²) in [5.74, 6) is -1.42. The van der Waals surface area contributed by atoms with Crippen LogP contribution in [0.3, 0.4) is 0 Å². The van der Waals surface area contributed by atoms with Crippen LogP contribution in [0.15, 0.2) is 0 Å². The van der Waals surface area contributed by atoms with Gasteiger partial charge in [0, 0.05) is 11.8 Å². The van der Waals surface area contributed by atoms with Gasteiger partial charge in [0.25, 0.3) is 0 Å². The molecule has 0 saturated carbocycles. The average molecular weight is 286 g/mol. The zero-order chi connectivity index (χ0) is 15.1. The van der Waals surface area contributed by atoms with Crippen LogP contribution < -0.4 is 0 Å². The van der Waals surface area contributed by atoms with Gasteiger partial charge in [0.05, 0.1) is 18.8 Å². The van der Waals surface area contributed by atoms with Crippen LogP contribution >= 0.6 is 0 Å². The standard InChI is InChI=1S/C15H26O5/c1-9(7-16)12-10(2)13(20-15(5,6)19-12)11-8-17-14(3,4)18-11/h7,9-13H,8H2,1-6H3/t9-,10+,11-,12-,13+/m1/s1. The number of rotatable bonds is 3. The van der Waals surface area contributed by atoms with E-state index in [0.717, 1.165) is 6.29 Å². The van der Waals surface area contributed by atoms with Crippen molar-refractivity contribution >= 4 is 6.29 Å². The third kappa shape index (κ3) is 3.22. The van der Waals surface area contributed by atoms with E-state index >= 15 is 0 Å². The zero-order valence-electron chi connectivity index (χ0n) is 13.2. The molecule has 0 spiro atoms. The van der Waals surface area contributed by atoms with Crippen LogP contribution in [0.1, 0.15) is 41.5 Å². The molecular formula is C15H26O5. The molecule has 0 N–H and O–H groups in total. The molecule has 2 heterocycles. The highest BCUT2D eigenvalue weighted by Crippen LogP contribution is 2.38. The van der Waals surface area contributed by atoms with Crippen LogP contribution in [0.5, 0.6) is 0 Å². The summed E-state index contributed by atoms with van der Waals surface area (Å²) in [6.07, 6.45) is 0.487. The Morgan fingerprint density at radius 3 is 2.25 bits per heavy atom. The number of hydrogen-bond acceptors (Lipinski definition) is 5. The molecule has 2 aliphatic heterocycles. The first-order chi connectivity index (χ1) is 9.15. The normalized spacial score (nSPS) is 41.3. The Kier molecular flexibility index (Phi) is 4.27. The molecular weight excluding hydrogens is 260 g/mol. The van der Waals surface area contributed by atoms with E-state index in [9.17, 15) is 4.79 Å². The van der Waals surface area contributed by atoms with Gasteiger partial charge in [0.2, 0.25) is 0 Å². The quantitative estimate of drug-likeness (QED) is 0.744. The highest BCUT2D eigenvalue weighted by Gasteiger charge is 2.49. The van der Waals surface area contributed by atoms with Gasteiger partial charge in [-0.3, -0.25) is 0 Å². The van der Waals surface area contributed by atoms with E-state index in [-0.39, 0.29) is 30.1 Å². The summed E-state index contributed by atoms with van der Waals surface area (Å²) in [6.45, 7) is 12.0. The number of carbonyl (C=O) groups is 1. The van der Waals surface area contributed by atoms with Gasteiger partial charge in [0.1, 0.15) is 12.4 Å². The van der Waals surface area contributed by atoms with Gasteiger partial charge in [-0.25, -0.2) is 0 Å². The number of carbonyl (C=O) groups excluding carboxylic acids is 1. The van der Waals surface area contributed by atoms with E-state index in [4.69, 9.17) is 18.9 Å². The molecule has 0 aromatic heterocycles. The van der Waals surface area contributed by atoms with Crippen LogP contribution in [-0.4, -0.2) is 42.8 Å². The molecule has 20 heavy (non-hydrogen) atoms. The molecule has 0 radical (unpaired) electrons. The molecule has 0 aliphatic carbocycles. The van der Waals surface area contributed by atoms with E-state index in [1.54, 1.807) is 0 Å². The molecule has 2 fully saturated rings. The predicted molar refractivity (Wildman–Crippen MR) is 73.1 cm³/mol. The van der Waals surface area contributed by atoms with Gasteiger partial charge in [-0.15, -0.1) is 0 Å². The lowest BCUT2D eigenvalue weighted by Gasteiger charge is -2.47. The van der Waals surface area contributed by atoms with Crippen molar-refractivity contribution in [2.24, 2.45) is 11.8 Å². The minimum Gasteiger partial charge on any atom is -0.348 e. The molecule has 5 nitrogen and oxygen atoms in total. The number of ether oxygens (including phenoxy) is 4. The summed E-state index contributed by atoms with van der Waals surface area (Å²) < 4.78 is 23.5. The van der Waals surface area contributed by atoms with Crippen molar-refractivity contribution in [1.29, 1.82) is 0 Å². The largest absolute Gasteiger partial charge is 0.348 e. The van der Waals surface area contributed by atoms with Gasteiger partial charge in [-0.2, -0.15) is 0 Å². The fourth-order valence-electron chi connectivity index (χ4n) is 3.04. The molecule has 0 amide bonds. The monoisotopic (exact) mass is 286 g/mol. The zero-order valence-corrected chi connectivity index (χ0v) is 13.2. The maximum Gasteiger partial charge on any atom is 0.163 e. The Labute approximate surface area is 120 Å². The average Bonchev–Trinajstić information content (AvgIpc) is 2.71. The Balaban J connectivity index is 2.17.